The van der Waals surface area contributed by atoms with Crippen LogP contribution in [-0.2, 0) is 10.0 Å². The van der Waals surface area contributed by atoms with E-state index in [1.807, 2.05) is 13.8 Å². The fourth-order valence-electron chi connectivity index (χ4n) is 1.40. The molecule has 14 heavy (non-hydrogen) atoms. The minimum Gasteiger partial charge on any atom is -0.212 e. The second-order valence-corrected chi connectivity index (χ2v) is 6.40. The summed E-state index contributed by atoms with van der Waals surface area (Å²) in [7, 11) is -2.99. The van der Waals surface area contributed by atoms with Gasteiger partial charge in [-0.05, 0) is 26.7 Å². The van der Waals surface area contributed by atoms with Crippen molar-refractivity contribution in [2.45, 2.75) is 26.7 Å². The van der Waals surface area contributed by atoms with Crippen LogP contribution in [0.4, 0.5) is 0 Å². The van der Waals surface area contributed by atoms with Gasteiger partial charge >= 0.3 is 0 Å². The standard InChI is InChI=1S/C9H16N2O2S/c1-9(2,8-10)4-6-11-5-3-7-14(11,12)13/h3-7H2,1-2H3. The maximum Gasteiger partial charge on any atom is 0.214 e. The number of rotatable bonds is 3. The van der Waals surface area contributed by atoms with E-state index >= 15 is 0 Å². The van der Waals surface area contributed by atoms with Gasteiger partial charge in [-0.3, -0.25) is 0 Å². The molecule has 0 aromatic carbocycles. The van der Waals surface area contributed by atoms with Crippen molar-refractivity contribution in [3.05, 3.63) is 0 Å². The number of sulfonamides is 1. The Balaban J connectivity index is 2.52. The topological polar surface area (TPSA) is 61.2 Å². The summed E-state index contributed by atoms with van der Waals surface area (Å²) in [6.45, 7) is 4.75. The second kappa shape index (κ2) is 3.87. The maximum atomic E-state index is 11.4. The predicted molar refractivity (Wildman–Crippen MR) is 54.0 cm³/mol. The quantitative estimate of drug-likeness (QED) is 0.706. The molecule has 0 N–H and O–H groups in total. The van der Waals surface area contributed by atoms with Gasteiger partial charge in [-0.2, -0.15) is 5.26 Å². The van der Waals surface area contributed by atoms with E-state index in [9.17, 15) is 8.42 Å². The molecular weight excluding hydrogens is 200 g/mol. The molecule has 1 aliphatic rings. The monoisotopic (exact) mass is 216 g/mol. The van der Waals surface area contributed by atoms with Gasteiger partial charge in [0.2, 0.25) is 10.0 Å². The summed E-state index contributed by atoms with van der Waals surface area (Å²) in [6.07, 6.45) is 1.32. The van der Waals surface area contributed by atoms with Crippen LogP contribution in [0.2, 0.25) is 0 Å². The summed E-state index contributed by atoms with van der Waals surface area (Å²) in [5.41, 5.74) is -0.432. The summed E-state index contributed by atoms with van der Waals surface area (Å²) >= 11 is 0. The summed E-state index contributed by atoms with van der Waals surface area (Å²) < 4.78 is 24.3. The molecule has 0 unspecified atom stereocenters. The van der Waals surface area contributed by atoms with Gasteiger partial charge in [0.1, 0.15) is 0 Å². The van der Waals surface area contributed by atoms with Crippen molar-refractivity contribution in [1.29, 1.82) is 5.26 Å². The Bertz CT molecular complexity index is 340. The van der Waals surface area contributed by atoms with Crippen LogP contribution in [-0.4, -0.2) is 31.6 Å². The van der Waals surface area contributed by atoms with E-state index in [-0.39, 0.29) is 5.75 Å². The Hall–Kier alpha value is -0.600. The van der Waals surface area contributed by atoms with Crippen molar-refractivity contribution in [1.82, 2.24) is 4.31 Å². The molecule has 1 heterocycles. The van der Waals surface area contributed by atoms with Gasteiger partial charge in [-0.1, -0.05) is 0 Å². The average Bonchev–Trinajstić information content (AvgIpc) is 2.42. The molecule has 80 valence electrons. The molecule has 4 nitrogen and oxygen atoms in total. The van der Waals surface area contributed by atoms with E-state index in [0.717, 1.165) is 6.42 Å². The van der Waals surface area contributed by atoms with Crippen molar-refractivity contribution in [3.63, 3.8) is 0 Å². The zero-order valence-corrected chi connectivity index (χ0v) is 9.47. The Morgan fingerprint density at radius 3 is 2.57 bits per heavy atom. The maximum absolute atomic E-state index is 11.4. The zero-order valence-electron chi connectivity index (χ0n) is 8.65. The molecule has 0 saturated carbocycles. The predicted octanol–water partition coefficient (Wildman–Crippen LogP) is 0.962. The van der Waals surface area contributed by atoms with Crippen LogP contribution in [0.15, 0.2) is 0 Å². The first-order valence-electron chi connectivity index (χ1n) is 4.76. The lowest BCUT2D eigenvalue weighted by atomic mass is 9.91. The minimum absolute atomic E-state index is 0.264. The van der Waals surface area contributed by atoms with E-state index in [0.29, 0.717) is 19.5 Å². The van der Waals surface area contributed by atoms with Gasteiger partial charge in [0.05, 0.1) is 17.2 Å². The highest BCUT2D eigenvalue weighted by molar-refractivity contribution is 7.89. The van der Waals surface area contributed by atoms with Crippen LogP contribution in [0, 0.1) is 16.7 Å². The lowest BCUT2D eigenvalue weighted by Gasteiger charge is -2.19. The van der Waals surface area contributed by atoms with Crippen LogP contribution in [0.25, 0.3) is 0 Å². The fraction of sp³-hybridized carbons (Fsp3) is 0.889. The Morgan fingerprint density at radius 2 is 2.14 bits per heavy atom. The largest absolute Gasteiger partial charge is 0.214 e. The molecule has 0 atom stereocenters. The molecular formula is C9H16N2O2S. The molecule has 0 spiro atoms. The molecule has 1 rings (SSSR count). The molecule has 0 aromatic heterocycles. The van der Waals surface area contributed by atoms with E-state index in [4.69, 9.17) is 5.26 Å². The molecule has 5 heteroatoms. The first-order chi connectivity index (χ1) is 6.37. The van der Waals surface area contributed by atoms with E-state index in [2.05, 4.69) is 6.07 Å². The molecule has 0 aliphatic carbocycles. The summed E-state index contributed by atoms with van der Waals surface area (Å²) in [5.74, 6) is 0.264. The van der Waals surface area contributed by atoms with Crippen LogP contribution in [0.5, 0.6) is 0 Å². The normalized spacial score (nSPS) is 22.1. The third-order valence-electron chi connectivity index (χ3n) is 2.49. The van der Waals surface area contributed by atoms with Gasteiger partial charge in [-0.15, -0.1) is 0 Å². The lowest BCUT2D eigenvalue weighted by Crippen LogP contribution is -2.29. The molecule has 0 aromatic rings. The van der Waals surface area contributed by atoms with E-state index in [1.54, 1.807) is 0 Å². The Kier molecular flexibility index (Phi) is 3.17. The number of nitriles is 1. The summed E-state index contributed by atoms with van der Waals surface area (Å²) in [4.78, 5) is 0. The van der Waals surface area contributed by atoms with Crippen molar-refractivity contribution >= 4 is 10.0 Å². The molecule has 0 amide bonds. The lowest BCUT2D eigenvalue weighted by molar-refractivity contribution is 0.360. The van der Waals surface area contributed by atoms with E-state index in [1.165, 1.54) is 4.31 Å². The highest BCUT2D eigenvalue weighted by Gasteiger charge is 2.29. The molecule has 0 bridgehead atoms. The molecule has 1 fully saturated rings. The van der Waals surface area contributed by atoms with Gasteiger partial charge in [0.25, 0.3) is 0 Å². The van der Waals surface area contributed by atoms with Crippen LogP contribution >= 0.6 is 0 Å². The van der Waals surface area contributed by atoms with Gasteiger partial charge < -0.3 is 0 Å². The smallest absolute Gasteiger partial charge is 0.212 e. The number of hydrogen-bond acceptors (Lipinski definition) is 3. The first kappa shape index (κ1) is 11.5. The minimum atomic E-state index is -2.99. The third kappa shape index (κ3) is 2.69. The average molecular weight is 216 g/mol. The number of hydrogen-bond donors (Lipinski definition) is 0. The van der Waals surface area contributed by atoms with Crippen LogP contribution < -0.4 is 0 Å². The summed E-state index contributed by atoms with van der Waals surface area (Å²) in [5, 5.41) is 8.78. The van der Waals surface area contributed by atoms with Gasteiger partial charge in [-0.25, -0.2) is 12.7 Å². The van der Waals surface area contributed by atoms with Crippen molar-refractivity contribution in [3.8, 4) is 6.07 Å². The van der Waals surface area contributed by atoms with Crippen molar-refractivity contribution < 1.29 is 8.42 Å². The first-order valence-corrected chi connectivity index (χ1v) is 6.37. The zero-order chi connectivity index (χ0) is 10.8. The Labute approximate surface area is 85.6 Å². The molecule has 1 saturated heterocycles. The summed E-state index contributed by atoms with van der Waals surface area (Å²) in [6, 6.07) is 2.17. The van der Waals surface area contributed by atoms with Gasteiger partial charge in [0.15, 0.2) is 0 Å². The van der Waals surface area contributed by atoms with Crippen molar-refractivity contribution in [2.24, 2.45) is 5.41 Å². The van der Waals surface area contributed by atoms with E-state index < -0.39 is 15.4 Å². The van der Waals surface area contributed by atoms with Crippen molar-refractivity contribution in [2.75, 3.05) is 18.8 Å². The SMILES string of the molecule is CC(C)(C#N)CCN1CCCS1(=O)=O. The Morgan fingerprint density at radius 1 is 1.50 bits per heavy atom. The van der Waals surface area contributed by atoms with Crippen LogP contribution in [0.1, 0.15) is 26.7 Å². The fourth-order valence-corrected chi connectivity index (χ4v) is 2.93. The number of nitrogens with zero attached hydrogens (tertiary/aromatic N) is 2. The highest BCUT2D eigenvalue weighted by Crippen LogP contribution is 2.22. The third-order valence-corrected chi connectivity index (χ3v) is 4.45. The molecule has 1 aliphatic heterocycles. The van der Waals surface area contributed by atoms with Gasteiger partial charge in [0, 0.05) is 13.1 Å². The highest BCUT2D eigenvalue weighted by atomic mass is 32.2. The van der Waals surface area contributed by atoms with Crippen LogP contribution in [0.3, 0.4) is 0 Å². The molecule has 0 radical (unpaired) electrons. The second-order valence-electron chi connectivity index (χ2n) is 4.31.